The van der Waals surface area contributed by atoms with Gasteiger partial charge in [0.25, 0.3) is 0 Å². The molecule has 11 heteroatoms. The third kappa shape index (κ3) is 7.28. The lowest BCUT2D eigenvalue weighted by Crippen LogP contribution is -2.51. The van der Waals surface area contributed by atoms with Gasteiger partial charge in [-0.1, -0.05) is 13.3 Å². The molecule has 1 rings (SSSR count). The average Bonchev–Trinajstić information content (AvgIpc) is 2.57. The Balaban J connectivity index is 2.47. The van der Waals surface area contributed by atoms with Crippen molar-refractivity contribution in [2.45, 2.75) is 51.1 Å². The number of unbranched alkanes of at least 4 members (excludes halogenated alkanes) is 1. The first-order chi connectivity index (χ1) is 12.2. The number of alkyl halides is 3. The summed E-state index contributed by atoms with van der Waals surface area (Å²) >= 11 is 0. The molecule has 0 amide bonds. The van der Waals surface area contributed by atoms with Gasteiger partial charge in [0.2, 0.25) is 0 Å². The molecule has 2 N–H and O–H groups in total. The van der Waals surface area contributed by atoms with Crippen molar-refractivity contribution in [1.29, 1.82) is 0 Å². The van der Waals surface area contributed by atoms with E-state index >= 15 is 0 Å². The molecule has 26 heavy (non-hydrogen) atoms. The Labute approximate surface area is 153 Å². The lowest BCUT2D eigenvalue weighted by atomic mass is 10.1. The number of piperidine rings is 1. The van der Waals surface area contributed by atoms with E-state index < -0.39 is 15.5 Å². The molecule has 154 valence electrons. The highest BCUT2D eigenvalue weighted by Crippen LogP contribution is 2.28. The molecule has 0 radical (unpaired) electrons. The van der Waals surface area contributed by atoms with Gasteiger partial charge in [-0.15, -0.1) is 0 Å². The van der Waals surface area contributed by atoms with Gasteiger partial charge in [-0.3, -0.25) is 4.99 Å². The minimum Gasteiger partial charge on any atom is -0.380 e. The number of ether oxygens (including phenoxy) is 1. The number of sulfonamides is 1. The molecule has 0 aromatic carbocycles. The molecule has 0 spiro atoms. The highest BCUT2D eigenvalue weighted by molar-refractivity contribution is 7.90. The molecule has 1 aliphatic heterocycles. The number of hydrogen-bond donors (Lipinski definition) is 2. The minimum absolute atomic E-state index is 0.131. The molecule has 1 saturated heterocycles. The van der Waals surface area contributed by atoms with E-state index in [4.69, 9.17) is 4.74 Å². The normalized spacial score (nSPS) is 18.1. The zero-order valence-corrected chi connectivity index (χ0v) is 16.1. The maximum Gasteiger partial charge on any atom is 0.511 e. The molecule has 1 heterocycles. The number of hydrogen-bond acceptors (Lipinski definition) is 4. The molecule has 0 unspecified atom stereocenters. The Bertz CT molecular complexity index is 533. The van der Waals surface area contributed by atoms with Crippen LogP contribution in [0.3, 0.4) is 0 Å². The molecule has 0 saturated carbocycles. The Morgan fingerprint density at radius 1 is 1.23 bits per heavy atom. The van der Waals surface area contributed by atoms with Gasteiger partial charge in [0.1, 0.15) is 0 Å². The maximum atomic E-state index is 12.6. The summed E-state index contributed by atoms with van der Waals surface area (Å²) in [6, 6.07) is -0.131. The highest BCUT2D eigenvalue weighted by Gasteiger charge is 2.50. The van der Waals surface area contributed by atoms with E-state index in [1.165, 1.54) is 0 Å². The van der Waals surface area contributed by atoms with Crippen LogP contribution in [0.2, 0.25) is 0 Å². The molecule has 0 aromatic heterocycles. The number of aliphatic imine (C=N–C) groups is 1. The summed E-state index contributed by atoms with van der Waals surface area (Å²) in [5.74, 6) is 0.559. The molecule has 0 aromatic rings. The summed E-state index contributed by atoms with van der Waals surface area (Å²) in [5, 5.41) is 6.22. The average molecular weight is 402 g/mol. The third-order valence-electron chi connectivity index (χ3n) is 3.92. The quantitative estimate of drug-likeness (QED) is 0.348. The zero-order chi connectivity index (χ0) is 19.6. The van der Waals surface area contributed by atoms with E-state index in [1.807, 2.05) is 6.92 Å². The molecule has 1 aliphatic rings. The second-order valence-corrected chi connectivity index (χ2v) is 7.92. The van der Waals surface area contributed by atoms with Crippen molar-refractivity contribution in [3.8, 4) is 0 Å². The van der Waals surface area contributed by atoms with Crippen LogP contribution < -0.4 is 10.6 Å². The van der Waals surface area contributed by atoms with E-state index in [0.717, 1.165) is 12.8 Å². The SMILES string of the molecule is CCCCOCCN=C(NCC)NC1CCN(S(=O)(=O)C(F)(F)F)CC1. The molecule has 7 nitrogen and oxygen atoms in total. The van der Waals surface area contributed by atoms with Crippen molar-refractivity contribution in [3.63, 3.8) is 0 Å². The molecule has 0 bridgehead atoms. The fourth-order valence-electron chi connectivity index (χ4n) is 2.47. The van der Waals surface area contributed by atoms with Crippen LogP contribution in [0.5, 0.6) is 0 Å². The maximum absolute atomic E-state index is 12.6. The number of rotatable bonds is 9. The van der Waals surface area contributed by atoms with E-state index in [9.17, 15) is 21.6 Å². The van der Waals surface area contributed by atoms with E-state index in [0.29, 0.717) is 36.6 Å². The minimum atomic E-state index is -5.25. The standard InChI is InChI=1S/C15H29F3N4O3S/c1-3-5-11-25-12-8-20-14(19-4-2)21-13-6-9-22(10-7-13)26(23,24)15(16,17)18/h13H,3-12H2,1-2H3,(H2,19,20,21). The second-order valence-electron chi connectivity index (χ2n) is 6.00. The fourth-order valence-corrected chi connectivity index (χ4v) is 3.46. The fraction of sp³-hybridized carbons (Fsp3) is 0.933. The van der Waals surface area contributed by atoms with Gasteiger partial charge in [-0.25, -0.2) is 8.42 Å². The van der Waals surface area contributed by atoms with Gasteiger partial charge >= 0.3 is 15.5 Å². The molecule has 1 fully saturated rings. The first-order valence-electron chi connectivity index (χ1n) is 8.91. The Morgan fingerprint density at radius 3 is 2.42 bits per heavy atom. The van der Waals surface area contributed by atoms with E-state index in [2.05, 4.69) is 22.5 Å². The molecular weight excluding hydrogens is 373 g/mol. The first-order valence-corrected chi connectivity index (χ1v) is 10.3. The van der Waals surface area contributed by atoms with Crippen molar-refractivity contribution >= 4 is 16.0 Å². The Morgan fingerprint density at radius 2 is 1.88 bits per heavy atom. The lowest BCUT2D eigenvalue weighted by Gasteiger charge is -2.32. The Hall–Kier alpha value is -1.07. The number of halogens is 3. The van der Waals surface area contributed by atoms with Gasteiger partial charge in [-0.2, -0.15) is 17.5 Å². The third-order valence-corrected chi connectivity index (χ3v) is 5.55. The van der Waals surface area contributed by atoms with Crippen LogP contribution in [0, 0.1) is 0 Å². The van der Waals surface area contributed by atoms with Gasteiger partial charge in [0.05, 0.1) is 13.2 Å². The number of nitrogens with zero attached hydrogens (tertiary/aromatic N) is 2. The monoisotopic (exact) mass is 402 g/mol. The van der Waals surface area contributed by atoms with Crippen LogP contribution in [0.25, 0.3) is 0 Å². The Kier molecular flexibility index (Phi) is 9.66. The smallest absolute Gasteiger partial charge is 0.380 e. The summed E-state index contributed by atoms with van der Waals surface area (Å²) in [7, 11) is -5.24. The summed E-state index contributed by atoms with van der Waals surface area (Å²) in [5.41, 5.74) is -5.25. The lowest BCUT2D eigenvalue weighted by molar-refractivity contribution is -0.0494. The van der Waals surface area contributed by atoms with Crippen LogP contribution in [0.15, 0.2) is 4.99 Å². The van der Waals surface area contributed by atoms with Crippen LogP contribution in [0.4, 0.5) is 13.2 Å². The van der Waals surface area contributed by atoms with Crippen molar-refractivity contribution in [1.82, 2.24) is 14.9 Å². The van der Waals surface area contributed by atoms with E-state index in [1.54, 1.807) is 0 Å². The van der Waals surface area contributed by atoms with Crippen molar-refractivity contribution < 1.29 is 26.3 Å². The second kappa shape index (κ2) is 10.9. The van der Waals surface area contributed by atoms with Crippen molar-refractivity contribution in [3.05, 3.63) is 0 Å². The highest BCUT2D eigenvalue weighted by atomic mass is 32.2. The van der Waals surface area contributed by atoms with E-state index in [-0.39, 0.29) is 32.0 Å². The summed E-state index contributed by atoms with van der Waals surface area (Å²) < 4.78 is 66.5. The largest absolute Gasteiger partial charge is 0.511 e. The molecule has 0 atom stereocenters. The van der Waals surface area contributed by atoms with Crippen LogP contribution in [0.1, 0.15) is 39.5 Å². The van der Waals surface area contributed by atoms with Gasteiger partial charge in [0.15, 0.2) is 5.96 Å². The molecular formula is C15H29F3N4O3S. The zero-order valence-electron chi connectivity index (χ0n) is 15.3. The predicted octanol–water partition coefficient (Wildman–Crippen LogP) is 1.67. The van der Waals surface area contributed by atoms with Crippen molar-refractivity contribution in [2.24, 2.45) is 4.99 Å². The molecule has 0 aliphatic carbocycles. The van der Waals surface area contributed by atoms with Crippen LogP contribution >= 0.6 is 0 Å². The first kappa shape index (κ1) is 23.0. The summed E-state index contributed by atoms with van der Waals surface area (Å²) in [6.45, 7) is 5.97. The summed E-state index contributed by atoms with van der Waals surface area (Å²) in [6.07, 6.45) is 2.64. The number of nitrogens with one attached hydrogen (secondary N) is 2. The van der Waals surface area contributed by atoms with Crippen LogP contribution in [-0.4, -0.2) is 69.6 Å². The van der Waals surface area contributed by atoms with Gasteiger partial charge in [-0.05, 0) is 26.2 Å². The summed E-state index contributed by atoms with van der Waals surface area (Å²) in [4.78, 5) is 4.37. The predicted molar refractivity (Wildman–Crippen MR) is 94.4 cm³/mol. The topological polar surface area (TPSA) is 83.0 Å². The van der Waals surface area contributed by atoms with Crippen molar-refractivity contribution in [2.75, 3.05) is 39.4 Å². The van der Waals surface area contributed by atoms with Gasteiger partial charge < -0.3 is 15.4 Å². The van der Waals surface area contributed by atoms with Gasteiger partial charge in [0, 0.05) is 32.3 Å². The van der Waals surface area contributed by atoms with Crippen LogP contribution in [-0.2, 0) is 14.8 Å². The number of guanidine groups is 1.